The first kappa shape index (κ1) is 28.8. The number of aryl methyl sites for hydroxylation is 1. The van der Waals surface area contributed by atoms with Crippen LogP contribution in [0.1, 0.15) is 12.5 Å². The second-order valence-electron chi connectivity index (χ2n) is 6.67. The van der Waals surface area contributed by atoms with E-state index in [2.05, 4.69) is 116 Å². The number of rotatable bonds is 5. The summed E-state index contributed by atoms with van der Waals surface area (Å²) in [5, 5.41) is 5.85. The predicted octanol–water partition coefficient (Wildman–Crippen LogP) is -5.65. The van der Waals surface area contributed by atoms with Crippen LogP contribution in [0, 0.1) is 0 Å². The Bertz CT molecular complexity index is 876. The predicted molar refractivity (Wildman–Crippen MR) is 115 cm³/mol. The molecule has 5 heteroatoms. The maximum atomic E-state index is 2.36. The molecule has 0 aliphatic carbocycles. The molecule has 30 heavy (non-hydrogen) atoms. The van der Waals surface area contributed by atoms with Gasteiger partial charge in [0.25, 0.3) is 0 Å². The molecule has 0 unspecified atom stereocenters. The summed E-state index contributed by atoms with van der Waals surface area (Å²) in [6, 6.07) is 40.2. The summed E-state index contributed by atoms with van der Waals surface area (Å²) < 4.78 is 0. The quantitative estimate of drug-likeness (QED) is 0.144. The minimum atomic E-state index is -2.31. The van der Waals surface area contributed by atoms with Gasteiger partial charge in [0, 0.05) is 0 Å². The van der Waals surface area contributed by atoms with Crippen LogP contribution in [-0.4, -0.2) is 8.07 Å². The molecule has 0 fully saturated rings. The molecule has 4 aromatic carbocycles. The molecule has 0 amide bonds. The second kappa shape index (κ2) is 13.3. The molecule has 152 valence electrons. The van der Waals surface area contributed by atoms with Crippen molar-refractivity contribution >= 4 is 28.8 Å². The molecule has 4 aromatic rings. The van der Waals surface area contributed by atoms with E-state index in [-0.39, 0.29) is 58.9 Å². The Labute approximate surface area is 214 Å². The molecule has 0 saturated heterocycles. The molecule has 0 atom stereocenters. The van der Waals surface area contributed by atoms with E-state index in [1.807, 2.05) is 0 Å². The Kier molecular flexibility index (Phi) is 12.7. The Balaban J connectivity index is 0.00000210. The zero-order chi connectivity index (χ0) is 17.8. The fraction of sp³-hybridized carbons (Fsp3) is 0.0800. The Morgan fingerprint density at radius 1 is 0.567 bits per heavy atom. The van der Waals surface area contributed by atoms with Crippen LogP contribution in [0.2, 0.25) is 0 Å². The van der Waals surface area contributed by atoms with Crippen LogP contribution in [0.3, 0.4) is 0 Å². The van der Waals surface area contributed by atoms with Crippen LogP contribution in [-0.2, 0) is 28.1 Å². The van der Waals surface area contributed by atoms with Crippen molar-refractivity contribution in [3.05, 3.63) is 115 Å². The first-order chi connectivity index (χ1) is 12.9. The third-order valence-electron chi connectivity index (χ3n) is 5.31. The molecule has 0 nitrogen and oxygen atoms in total. The minimum Gasteiger partial charge on any atom is -1.00 e. The number of benzene rings is 3. The molecular weight excluding hydrogens is 483 g/mol. The van der Waals surface area contributed by atoms with Gasteiger partial charge in [0.1, 0.15) is 8.07 Å². The van der Waals surface area contributed by atoms with Crippen molar-refractivity contribution in [2.24, 2.45) is 0 Å². The van der Waals surface area contributed by atoms with Gasteiger partial charge >= 0.3 is 21.7 Å². The summed E-state index contributed by atoms with van der Waals surface area (Å²) in [5.41, 5.74) is 1.47. The molecule has 0 radical (unpaired) electrons. The Morgan fingerprint density at radius 2 is 0.933 bits per heavy atom. The van der Waals surface area contributed by atoms with E-state index in [0.717, 1.165) is 6.42 Å². The van der Waals surface area contributed by atoms with Crippen molar-refractivity contribution in [1.82, 2.24) is 0 Å². The third-order valence-corrected chi connectivity index (χ3v) is 10.2. The average Bonchev–Trinajstić information content (AvgIpc) is 3.20. The second-order valence-corrected chi connectivity index (χ2v) is 10.4. The van der Waals surface area contributed by atoms with Crippen molar-refractivity contribution < 1.29 is 58.9 Å². The van der Waals surface area contributed by atoms with Crippen LogP contribution in [0.4, 0.5) is 0 Å². The van der Waals surface area contributed by atoms with E-state index in [4.69, 9.17) is 0 Å². The van der Waals surface area contributed by atoms with Crippen molar-refractivity contribution in [3.63, 3.8) is 0 Å². The smallest absolute Gasteiger partial charge is 1.00 e. The monoisotopic (exact) mass is 504 g/mol. The summed E-state index contributed by atoms with van der Waals surface area (Å²) in [6.07, 6.45) is 1.06. The molecular formula is C25H23Cl3SiTi. The molecule has 0 heterocycles. The van der Waals surface area contributed by atoms with Crippen LogP contribution >= 0.6 is 0 Å². The van der Waals surface area contributed by atoms with Gasteiger partial charge in [0.15, 0.2) is 0 Å². The SMILES string of the molecule is CCc1ccc[c-]1[Si](c1ccccc1)(c1ccccc1)c1ccccc1.[Cl-].[Cl-].[Cl-].[Ti+4]. The van der Waals surface area contributed by atoms with Crippen LogP contribution < -0.4 is 58.0 Å². The van der Waals surface area contributed by atoms with Gasteiger partial charge in [-0.3, -0.25) is 0 Å². The van der Waals surface area contributed by atoms with Gasteiger partial charge in [-0.15, -0.1) is 5.19 Å². The molecule has 0 aromatic heterocycles. The van der Waals surface area contributed by atoms with E-state index < -0.39 is 8.07 Å². The average molecular weight is 506 g/mol. The molecule has 0 saturated carbocycles. The molecule has 0 bridgehead atoms. The fourth-order valence-corrected chi connectivity index (χ4v) is 9.26. The summed E-state index contributed by atoms with van der Waals surface area (Å²) in [6.45, 7) is 2.26. The third kappa shape index (κ3) is 5.16. The fourth-order valence-electron chi connectivity index (χ4n) is 4.16. The van der Waals surface area contributed by atoms with E-state index >= 15 is 0 Å². The van der Waals surface area contributed by atoms with Gasteiger partial charge in [-0.1, -0.05) is 120 Å². The summed E-state index contributed by atoms with van der Waals surface area (Å²) in [7, 11) is -2.31. The van der Waals surface area contributed by atoms with E-state index in [1.54, 1.807) is 0 Å². The molecule has 4 rings (SSSR count). The largest absolute Gasteiger partial charge is 4.00 e. The van der Waals surface area contributed by atoms with E-state index in [0.29, 0.717) is 0 Å². The van der Waals surface area contributed by atoms with Gasteiger partial charge in [-0.2, -0.15) is 11.6 Å². The summed E-state index contributed by atoms with van der Waals surface area (Å²) >= 11 is 0. The maximum absolute atomic E-state index is 2.36. The zero-order valence-corrected chi connectivity index (χ0v) is 21.6. The van der Waals surface area contributed by atoms with Crippen molar-refractivity contribution in [2.75, 3.05) is 0 Å². The maximum Gasteiger partial charge on any atom is 4.00 e. The van der Waals surface area contributed by atoms with Crippen LogP contribution in [0.15, 0.2) is 109 Å². The van der Waals surface area contributed by atoms with Gasteiger partial charge in [-0.05, 0) is 0 Å². The van der Waals surface area contributed by atoms with Crippen molar-refractivity contribution in [3.8, 4) is 0 Å². The normalized spacial score (nSPS) is 9.90. The van der Waals surface area contributed by atoms with Crippen LogP contribution in [0.5, 0.6) is 0 Å². The zero-order valence-electron chi connectivity index (χ0n) is 16.7. The first-order valence-electron chi connectivity index (χ1n) is 9.29. The molecule has 0 spiro atoms. The van der Waals surface area contributed by atoms with E-state index in [1.165, 1.54) is 26.3 Å². The number of hydrogen-bond donors (Lipinski definition) is 0. The standard InChI is InChI=1S/C25H23Si.3ClH.Ti/c1-2-21-13-12-20-25(21)26(22-14-6-3-7-15-22,23-16-8-4-9-17-23)24-18-10-5-11-19-24;;;;/h3-20H,2H2,1H3;3*1H;/q-1;;;;+4/p-3. The van der Waals surface area contributed by atoms with Crippen molar-refractivity contribution in [2.45, 2.75) is 13.3 Å². The van der Waals surface area contributed by atoms with Gasteiger partial charge in [0.2, 0.25) is 0 Å². The Morgan fingerprint density at radius 3 is 1.27 bits per heavy atom. The van der Waals surface area contributed by atoms with Gasteiger partial charge in [0.05, 0.1) is 0 Å². The van der Waals surface area contributed by atoms with Crippen molar-refractivity contribution in [1.29, 1.82) is 0 Å². The van der Waals surface area contributed by atoms with Gasteiger partial charge < -0.3 is 37.2 Å². The van der Waals surface area contributed by atoms with Crippen LogP contribution in [0.25, 0.3) is 0 Å². The Hall–Kier alpha value is -1.19. The topological polar surface area (TPSA) is 0 Å². The summed E-state index contributed by atoms with van der Waals surface area (Å²) in [5.74, 6) is 0. The number of hydrogen-bond acceptors (Lipinski definition) is 0. The molecule has 0 aliphatic heterocycles. The minimum absolute atomic E-state index is 0. The summed E-state index contributed by atoms with van der Waals surface area (Å²) in [4.78, 5) is 0. The number of halogens is 3. The first-order valence-corrected chi connectivity index (χ1v) is 11.3. The van der Waals surface area contributed by atoms with Gasteiger partial charge in [-0.25, -0.2) is 12.1 Å². The molecule has 0 N–H and O–H groups in total. The molecule has 0 aliphatic rings. The van der Waals surface area contributed by atoms with E-state index in [9.17, 15) is 0 Å².